The Morgan fingerprint density at radius 2 is 2.24 bits per heavy atom. The maximum Gasteiger partial charge on any atom is 0.276 e. The largest absolute Gasteiger partial charge is 0.543 e. The van der Waals surface area contributed by atoms with E-state index in [0.29, 0.717) is 11.3 Å². The minimum Gasteiger partial charge on any atom is -0.543 e. The zero-order valence-electron chi connectivity index (χ0n) is 19.7. The van der Waals surface area contributed by atoms with E-state index in [2.05, 4.69) is 15.5 Å². The van der Waals surface area contributed by atoms with Gasteiger partial charge in [-0.05, 0) is 12.1 Å². The third-order valence-electron chi connectivity index (χ3n) is 6.03. The number of nitrogen functional groups attached to an aromatic ring is 1. The van der Waals surface area contributed by atoms with Crippen molar-refractivity contribution in [1.82, 2.24) is 19.6 Å². The first-order chi connectivity index (χ1) is 18.2. The number of thiazole rings is 1. The standard InChI is InChI=1S/C22H20ClN7O6S2/c1-36-27-14(13-17(23)38-22(24)26-13)18(32)25-15-19(33)30-16(21(34)35)10(9-37-20(15)30)6-28-4-5-29-11(7-28)2-3-12(29)8-31/h2-5,7,15,20,31H,6,8-9H2,1H3,(H3-,24,25,26,32,34,35)/b27-14-/t15-,20-/m1/s1. The molecule has 38 heavy (non-hydrogen) atoms. The molecule has 2 amide bonds. The number of carbonyl (C=O) groups is 3. The number of anilines is 1. The highest BCUT2D eigenvalue weighted by molar-refractivity contribution is 8.00. The van der Waals surface area contributed by atoms with Crippen LogP contribution in [-0.2, 0) is 32.4 Å². The van der Waals surface area contributed by atoms with Crippen LogP contribution < -0.4 is 20.7 Å². The second-order valence-corrected chi connectivity index (χ2v) is 11.0. The van der Waals surface area contributed by atoms with Crippen molar-refractivity contribution in [2.45, 2.75) is 24.6 Å². The van der Waals surface area contributed by atoms with Crippen molar-refractivity contribution in [3.05, 3.63) is 57.7 Å². The number of aliphatic hydroxyl groups is 1. The predicted molar refractivity (Wildman–Crippen MR) is 136 cm³/mol. The van der Waals surface area contributed by atoms with E-state index < -0.39 is 29.2 Å². The number of thioether (sulfide) groups is 1. The van der Waals surface area contributed by atoms with Crippen LogP contribution in [0.2, 0.25) is 4.34 Å². The zero-order valence-corrected chi connectivity index (χ0v) is 22.0. The van der Waals surface area contributed by atoms with Gasteiger partial charge in [0.2, 0.25) is 0 Å². The lowest BCUT2D eigenvalue weighted by Crippen LogP contribution is -2.71. The number of oxime groups is 1. The Bertz CT molecular complexity index is 1530. The van der Waals surface area contributed by atoms with Crippen LogP contribution in [0.15, 0.2) is 47.1 Å². The van der Waals surface area contributed by atoms with Crippen molar-refractivity contribution >= 4 is 68.8 Å². The Hall–Kier alpha value is -3.66. The van der Waals surface area contributed by atoms with Gasteiger partial charge in [-0.2, -0.15) is 4.57 Å². The smallest absolute Gasteiger partial charge is 0.276 e. The van der Waals surface area contributed by atoms with E-state index in [0.717, 1.165) is 27.4 Å². The summed E-state index contributed by atoms with van der Waals surface area (Å²) in [6.45, 7) is 0.0863. The number of carboxylic acid groups (broad SMARTS) is 1. The van der Waals surface area contributed by atoms with Crippen LogP contribution in [0.3, 0.4) is 0 Å². The van der Waals surface area contributed by atoms with Crippen molar-refractivity contribution in [2.24, 2.45) is 5.16 Å². The lowest BCUT2D eigenvalue weighted by Gasteiger charge is -2.50. The summed E-state index contributed by atoms with van der Waals surface area (Å²) in [5, 5.41) is 27.3. The number of halogens is 1. The lowest BCUT2D eigenvalue weighted by molar-refractivity contribution is -0.688. The van der Waals surface area contributed by atoms with Gasteiger partial charge in [0.25, 0.3) is 11.8 Å². The maximum atomic E-state index is 13.1. The average molecular weight is 578 g/mol. The highest BCUT2D eigenvalue weighted by atomic mass is 35.5. The maximum absolute atomic E-state index is 13.1. The Morgan fingerprint density at radius 1 is 1.45 bits per heavy atom. The molecule has 1 saturated heterocycles. The molecule has 2 aliphatic heterocycles. The van der Waals surface area contributed by atoms with E-state index in [1.165, 1.54) is 18.9 Å². The zero-order chi connectivity index (χ0) is 27.1. The molecule has 5 rings (SSSR count). The molecule has 16 heteroatoms. The number of amides is 2. The number of hydrogen-bond donors (Lipinski definition) is 3. The summed E-state index contributed by atoms with van der Waals surface area (Å²) in [4.78, 5) is 48.0. The summed E-state index contributed by atoms with van der Waals surface area (Å²) in [6.07, 6.45) is 5.32. The SMILES string of the molecule is CO/N=C(\C(=O)N[C@@H]1C(=O)N2C(C(=O)[O-])=C(C[n+]3ccn4c(CO)ccc4c3)CS[C@H]12)c1nc(N)sc1Cl. The minimum atomic E-state index is -1.48. The van der Waals surface area contributed by atoms with Crippen molar-refractivity contribution in [3.8, 4) is 0 Å². The summed E-state index contributed by atoms with van der Waals surface area (Å²) >= 11 is 8.37. The van der Waals surface area contributed by atoms with Gasteiger partial charge in [0, 0.05) is 17.0 Å². The molecule has 13 nitrogen and oxygen atoms in total. The van der Waals surface area contributed by atoms with Crippen molar-refractivity contribution < 1.29 is 34.0 Å². The van der Waals surface area contributed by atoms with Gasteiger partial charge < -0.3 is 35.3 Å². The molecule has 0 unspecified atom stereocenters. The monoisotopic (exact) mass is 577 g/mol. The third-order valence-corrected chi connectivity index (χ3v) is 8.45. The van der Waals surface area contributed by atoms with E-state index in [1.807, 2.05) is 16.7 Å². The Labute approximate surface area is 228 Å². The summed E-state index contributed by atoms with van der Waals surface area (Å²) in [5.74, 6) is -2.58. The van der Waals surface area contributed by atoms with Crippen LogP contribution in [0.5, 0.6) is 0 Å². The molecule has 0 spiro atoms. The number of aromatic nitrogens is 3. The second kappa shape index (κ2) is 10.2. The van der Waals surface area contributed by atoms with E-state index in [1.54, 1.807) is 23.0 Å². The molecule has 0 aliphatic carbocycles. The number of nitrogens with two attached hydrogens (primary N) is 1. The van der Waals surface area contributed by atoms with Crippen LogP contribution in [0, 0.1) is 0 Å². The summed E-state index contributed by atoms with van der Waals surface area (Å²) in [7, 11) is 1.24. The number of hydrogen-bond acceptors (Lipinski definition) is 11. The van der Waals surface area contributed by atoms with Gasteiger partial charge in [-0.3, -0.25) is 14.5 Å². The minimum absolute atomic E-state index is 0.00846. The molecule has 0 radical (unpaired) electrons. The number of nitrogens with one attached hydrogen (secondary N) is 1. The van der Waals surface area contributed by atoms with Crippen LogP contribution in [-0.4, -0.2) is 67.2 Å². The summed E-state index contributed by atoms with van der Waals surface area (Å²) in [5.41, 5.74) is 7.20. The number of nitrogens with zero attached hydrogens (tertiary/aromatic N) is 5. The molecular formula is C22H20ClN7O6S2. The number of rotatable bonds is 8. The Morgan fingerprint density at radius 3 is 2.89 bits per heavy atom. The molecule has 3 aromatic rings. The van der Waals surface area contributed by atoms with Crippen molar-refractivity contribution in [3.63, 3.8) is 0 Å². The van der Waals surface area contributed by atoms with Gasteiger partial charge >= 0.3 is 0 Å². The molecule has 1 fully saturated rings. The first-order valence-corrected chi connectivity index (χ1v) is 13.3. The Balaban J connectivity index is 1.36. The Kier molecular flexibility index (Phi) is 7.00. The second-order valence-electron chi connectivity index (χ2n) is 8.27. The number of carbonyl (C=O) groups excluding carboxylic acids is 3. The van der Waals surface area contributed by atoms with Gasteiger partial charge in [-0.15, -0.1) is 11.8 Å². The van der Waals surface area contributed by atoms with Gasteiger partial charge in [0.1, 0.15) is 34.1 Å². The normalized spacial score (nSPS) is 19.4. The fourth-order valence-electron chi connectivity index (χ4n) is 4.36. The van der Waals surface area contributed by atoms with Gasteiger partial charge in [-0.25, -0.2) is 4.98 Å². The van der Waals surface area contributed by atoms with Crippen LogP contribution >= 0.6 is 34.7 Å². The molecule has 3 aromatic heterocycles. The number of carboxylic acids is 1. The predicted octanol–water partition coefficient (Wildman–Crippen LogP) is -1.13. The molecule has 0 bridgehead atoms. The molecule has 0 saturated carbocycles. The third kappa shape index (κ3) is 4.47. The molecule has 0 aromatic carbocycles. The summed E-state index contributed by atoms with van der Waals surface area (Å²) in [6, 6.07) is 2.61. The van der Waals surface area contributed by atoms with E-state index in [4.69, 9.17) is 22.2 Å². The summed E-state index contributed by atoms with van der Waals surface area (Å²) < 4.78 is 3.73. The number of aliphatic carboxylic acids is 1. The van der Waals surface area contributed by atoms with E-state index in [9.17, 15) is 24.6 Å². The number of aliphatic hydroxyl groups excluding tert-OH is 1. The van der Waals surface area contributed by atoms with Gasteiger partial charge in [-0.1, -0.05) is 28.1 Å². The highest BCUT2D eigenvalue weighted by Crippen LogP contribution is 2.40. The first-order valence-electron chi connectivity index (χ1n) is 11.1. The fourth-order valence-corrected chi connectivity index (χ4v) is 6.62. The molecule has 5 heterocycles. The highest BCUT2D eigenvalue weighted by Gasteiger charge is 2.53. The molecule has 4 N–H and O–H groups in total. The van der Waals surface area contributed by atoms with Gasteiger partial charge in [0.15, 0.2) is 29.8 Å². The topological polar surface area (TPSA) is 179 Å². The molecule has 198 valence electrons. The number of fused-ring (bicyclic) bond motifs is 2. The van der Waals surface area contributed by atoms with Crippen molar-refractivity contribution in [2.75, 3.05) is 18.6 Å². The van der Waals surface area contributed by atoms with E-state index in [-0.39, 0.29) is 39.7 Å². The van der Waals surface area contributed by atoms with Crippen molar-refractivity contribution in [1.29, 1.82) is 0 Å². The van der Waals surface area contributed by atoms with E-state index >= 15 is 0 Å². The molecule has 2 atom stereocenters. The molecular weight excluding hydrogens is 558 g/mol. The van der Waals surface area contributed by atoms with Gasteiger partial charge in [0.05, 0.1) is 24.5 Å². The molecule has 2 aliphatic rings. The van der Waals surface area contributed by atoms with Crippen LogP contribution in [0.25, 0.3) is 5.52 Å². The quantitative estimate of drug-likeness (QED) is 0.129. The fraction of sp³-hybridized carbons (Fsp3) is 0.273. The number of β-lactam (4-membered cyclic amide) rings is 1. The van der Waals surface area contributed by atoms with Crippen LogP contribution in [0.4, 0.5) is 5.13 Å². The first kappa shape index (κ1) is 26.0. The lowest BCUT2D eigenvalue weighted by atomic mass is 10.0. The average Bonchev–Trinajstić information content (AvgIpc) is 3.46. The van der Waals surface area contributed by atoms with Crippen LogP contribution in [0.1, 0.15) is 11.4 Å².